The van der Waals surface area contributed by atoms with Crippen molar-refractivity contribution >= 4 is 25.4 Å². The van der Waals surface area contributed by atoms with E-state index in [9.17, 15) is 0 Å². The second kappa shape index (κ2) is 5.34. The Morgan fingerprint density at radius 1 is 1.31 bits per heavy atom. The summed E-state index contributed by atoms with van der Waals surface area (Å²) >= 11 is 0. The third-order valence-electron chi connectivity index (χ3n) is 2.68. The fourth-order valence-corrected chi connectivity index (χ4v) is 3.20. The van der Waals surface area contributed by atoms with Gasteiger partial charge in [-0.1, -0.05) is 31.7 Å². The van der Waals surface area contributed by atoms with E-state index in [0.717, 1.165) is 6.61 Å². The molecular weight excluding hydrogens is 221 g/mol. The molecule has 6 unspecified atom stereocenters. The number of rotatable bonds is 2. The molecule has 0 amide bonds. The van der Waals surface area contributed by atoms with Gasteiger partial charge in [0.05, 0.1) is 26.3 Å². The molecule has 13 heavy (non-hydrogen) atoms. The largest absolute Gasteiger partial charge is 0.378 e. The Labute approximate surface area is 86.6 Å². The van der Waals surface area contributed by atoms with Gasteiger partial charge in [-0.2, -0.15) is 0 Å². The summed E-state index contributed by atoms with van der Waals surface area (Å²) in [6, 6.07) is 0. The predicted octanol–water partition coefficient (Wildman–Crippen LogP) is 3.04. The standard InChI is InChI=1S/C8H19O2P3/c1-5-4-9-7(3)6(2)8(5)10-13(11)12/h5-8H,4,11-12H2,1-3H3. The average Bonchev–Trinajstić information content (AvgIpc) is 2.05. The van der Waals surface area contributed by atoms with Gasteiger partial charge in [0.2, 0.25) is 0 Å². The molecule has 5 heteroatoms. The van der Waals surface area contributed by atoms with Crippen molar-refractivity contribution in [2.24, 2.45) is 11.8 Å². The average molecular weight is 240 g/mol. The Hall–Kier alpha value is 1.21. The fraction of sp³-hybridized carbons (Fsp3) is 1.00. The molecule has 1 aliphatic rings. The van der Waals surface area contributed by atoms with Crippen LogP contribution in [0.2, 0.25) is 0 Å². The predicted molar refractivity (Wildman–Crippen MR) is 65.0 cm³/mol. The first kappa shape index (κ1) is 12.3. The molecule has 6 atom stereocenters. The highest BCUT2D eigenvalue weighted by Crippen LogP contribution is 2.56. The van der Waals surface area contributed by atoms with Gasteiger partial charge in [0, 0.05) is 11.8 Å². The molecule has 0 aliphatic carbocycles. The maximum absolute atomic E-state index is 5.90. The summed E-state index contributed by atoms with van der Waals surface area (Å²) in [5.74, 6) is 1.01. The van der Waals surface area contributed by atoms with E-state index in [1.165, 1.54) is 0 Å². The Morgan fingerprint density at radius 3 is 2.46 bits per heavy atom. The Bertz CT molecular complexity index is 165. The first-order valence-electron chi connectivity index (χ1n) is 4.60. The van der Waals surface area contributed by atoms with Crippen LogP contribution in [0, 0.1) is 11.8 Å². The first-order valence-corrected chi connectivity index (χ1v) is 9.10. The van der Waals surface area contributed by atoms with E-state index in [0.29, 0.717) is 24.0 Å². The summed E-state index contributed by atoms with van der Waals surface area (Å²) in [6.45, 7) is 7.36. The van der Waals surface area contributed by atoms with Crippen LogP contribution in [-0.2, 0) is 9.26 Å². The lowest BCUT2D eigenvalue weighted by Crippen LogP contribution is -2.42. The molecule has 0 radical (unpaired) electrons. The third-order valence-corrected chi connectivity index (χ3v) is 3.90. The minimum Gasteiger partial charge on any atom is -0.378 e. The van der Waals surface area contributed by atoms with Crippen LogP contribution in [0.1, 0.15) is 20.8 Å². The van der Waals surface area contributed by atoms with Crippen molar-refractivity contribution in [3.05, 3.63) is 0 Å². The summed E-state index contributed by atoms with van der Waals surface area (Å²) < 4.78 is 11.5. The minimum atomic E-state index is -0.418. The molecule has 0 saturated carbocycles. The van der Waals surface area contributed by atoms with Crippen molar-refractivity contribution in [1.29, 1.82) is 0 Å². The molecule has 1 fully saturated rings. The lowest BCUT2D eigenvalue weighted by atomic mass is 9.88. The van der Waals surface area contributed by atoms with Gasteiger partial charge in [-0.25, -0.2) is 0 Å². The van der Waals surface area contributed by atoms with E-state index in [4.69, 9.17) is 9.26 Å². The monoisotopic (exact) mass is 240 g/mol. The van der Waals surface area contributed by atoms with Crippen LogP contribution in [0.15, 0.2) is 0 Å². The van der Waals surface area contributed by atoms with Gasteiger partial charge in [0.1, 0.15) is 0 Å². The van der Waals surface area contributed by atoms with Gasteiger partial charge < -0.3 is 9.26 Å². The van der Waals surface area contributed by atoms with Gasteiger partial charge in [0.15, 0.2) is 0 Å². The molecule has 0 bridgehead atoms. The first-order chi connectivity index (χ1) is 6.02. The Kier molecular flexibility index (Phi) is 5.04. The number of ether oxygens (including phenoxy) is 1. The third kappa shape index (κ3) is 3.37. The number of hydrogen-bond donors (Lipinski definition) is 0. The van der Waals surface area contributed by atoms with Crippen LogP contribution >= 0.6 is 25.4 Å². The van der Waals surface area contributed by atoms with Crippen LogP contribution in [-0.4, -0.2) is 18.8 Å². The second-order valence-corrected chi connectivity index (χ2v) is 9.58. The van der Waals surface area contributed by atoms with Crippen LogP contribution in [0.25, 0.3) is 0 Å². The zero-order chi connectivity index (χ0) is 10.0. The molecule has 2 nitrogen and oxygen atoms in total. The van der Waals surface area contributed by atoms with Gasteiger partial charge in [-0.15, -0.1) is 0 Å². The van der Waals surface area contributed by atoms with Crippen LogP contribution in [0.4, 0.5) is 0 Å². The van der Waals surface area contributed by atoms with Crippen LogP contribution in [0.5, 0.6) is 0 Å². The highest BCUT2D eigenvalue weighted by molar-refractivity contribution is 8.41. The summed E-state index contributed by atoms with van der Waals surface area (Å²) in [6.07, 6.45) is 0.677. The molecule has 1 aliphatic heterocycles. The van der Waals surface area contributed by atoms with Crippen molar-refractivity contribution in [3.63, 3.8) is 0 Å². The van der Waals surface area contributed by atoms with E-state index in [1.807, 2.05) is 0 Å². The van der Waals surface area contributed by atoms with Crippen LogP contribution < -0.4 is 0 Å². The minimum absolute atomic E-state index is 0.325. The molecule has 1 heterocycles. The van der Waals surface area contributed by atoms with Gasteiger partial charge in [-0.3, -0.25) is 0 Å². The van der Waals surface area contributed by atoms with Gasteiger partial charge >= 0.3 is 0 Å². The smallest absolute Gasteiger partial charge is 0.0724 e. The second-order valence-electron chi connectivity index (χ2n) is 3.80. The van der Waals surface area contributed by atoms with Crippen molar-refractivity contribution in [3.8, 4) is 0 Å². The van der Waals surface area contributed by atoms with Gasteiger partial charge in [0.25, 0.3) is 0 Å². The molecule has 0 aromatic rings. The lowest BCUT2D eigenvalue weighted by molar-refractivity contribution is -0.0955. The fourth-order valence-electron chi connectivity index (χ4n) is 1.68. The quantitative estimate of drug-likeness (QED) is 0.690. The molecule has 1 saturated heterocycles. The SMILES string of the molecule is CC1COC(C)C(C)C1OP(P)P. The normalized spacial score (nSPS) is 41.1. The summed E-state index contributed by atoms with van der Waals surface area (Å²) in [5, 5.41) is 0. The van der Waals surface area contributed by atoms with Crippen molar-refractivity contribution < 1.29 is 9.26 Å². The highest BCUT2D eigenvalue weighted by atomic mass is 32.4. The Balaban J connectivity index is 2.55. The zero-order valence-corrected chi connectivity index (χ0v) is 11.6. The van der Waals surface area contributed by atoms with E-state index in [1.54, 1.807) is 0 Å². The zero-order valence-electron chi connectivity index (χ0n) is 8.43. The molecule has 0 spiro atoms. The van der Waals surface area contributed by atoms with Crippen molar-refractivity contribution in [1.82, 2.24) is 0 Å². The van der Waals surface area contributed by atoms with E-state index >= 15 is 0 Å². The van der Waals surface area contributed by atoms with E-state index in [2.05, 4.69) is 38.6 Å². The van der Waals surface area contributed by atoms with Crippen molar-refractivity contribution in [2.75, 3.05) is 6.61 Å². The molecule has 0 N–H and O–H groups in total. The Morgan fingerprint density at radius 2 is 1.92 bits per heavy atom. The van der Waals surface area contributed by atoms with E-state index in [-0.39, 0.29) is 0 Å². The highest BCUT2D eigenvalue weighted by Gasteiger charge is 2.34. The molecule has 1 rings (SSSR count). The molecule has 0 aromatic carbocycles. The molecular formula is C8H19O2P3. The summed E-state index contributed by atoms with van der Waals surface area (Å²) in [4.78, 5) is 0. The maximum atomic E-state index is 5.90. The summed E-state index contributed by atoms with van der Waals surface area (Å²) in [5.41, 5.74) is 0. The van der Waals surface area contributed by atoms with E-state index < -0.39 is 7.53 Å². The maximum Gasteiger partial charge on any atom is 0.0724 e. The lowest BCUT2D eigenvalue weighted by Gasteiger charge is -2.39. The molecule has 78 valence electrons. The summed E-state index contributed by atoms with van der Waals surface area (Å²) in [7, 11) is 5.01. The number of hydrogen-bond acceptors (Lipinski definition) is 2. The van der Waals surface area contributed by atoms with Crippen LogP contribution in [0.3, 0.4) is 0 Å². The topological polar surface area (TPSA) is 18.5 Å². The van der Waals surface area contributed by atoms with Crippen molar-refractivity contribution in [2.45, 2.75) is 33.0 Å². The molecule has 0 aromatic heterocycles. The van der Waals surface area contributed by atoms with Gasteiger partial charge in [-0.05, 0) is 6.92 Å².